The van der Waals surface area contributed by atoms with Crippen LogP contribution >= 0.6 is 0 Å². The monoisotopic (exact) mass is 333 g/mol. The third-order valence-corrected chi connectivity index (χ3v) is 3.13. The summed E-state index contributed by atoms with van der Waals surface area (Å²) < 4.78 is 41.9. The highest BCUT2D eigenvalue weighted by Gasteiger charge is 2.35. The molecular formula is C11H12FN3O6S. The summed E-state index contributed by atoms with van der Waals surface area (Å²) in [5, 5.41) is 5.05. The summed E-state index contributed by atoms with van der Waals surface area (Å²) in [6.45, 7) is 1.84. The molecule has 0 saturated carbocycles. The van der Waals surface area contributed by atoms with Crippen LogP contribution in [-0.4, -0.2) is 44.1 Å². The van der Waals surface area contributed by atoms with E-state index in [2.05, 4.69) is 19.8 Å². The molecule has 2 rings (SSSR count). The summed E-state index contributed by atoms with van der Waals surface area (Å²) >= 11 is 0. The maximum absolute atomic E-state index is 12.4. The largest absolute Gasteiger partial charge is 0.488 e. The quantitative estimate of drug-likeness (QED) is 0.721. The average Bonchev–Trinajstić information content (AvgIpc) is 2.75. The number of carbonyl (C=O) groups is 2. The first kappa shape index (κ1) is 15.9. The number of ether oxygens (including phenoxy) is 1. The number of amides is 2. The average molecular weight is 333 g/mol. The molecule has 0 spiro atoms. The Labute approximate surface area is 125 Å². The van der Waals surface area contributed by atoms with Gasteiger partial charge in [0.1, 0.15) is 6.61 Å². The van der Waals surface area contributed by atoms with Crippen LogP contribution in [0.1, 0.15) is 17.3 Å². The van der Waals surface area contributed by atoms with Crippen molar-refractivity contribution in [1.29, 1.82) is 0 Å². The van der Waals surface area contributed by atoms with Crippen molar-refractivity contribution in [2.45, 2.75) is 12.5 Å². The van der Waals surface area contributed by atoms with Gasteiger partial charge < -0.3 is 19.6 Å². The highest BCUT2D eigenvalue weighted by Crippen LogP contribution is 2.15. The van der Waals surface area contributed by atoms with Crippen LogP contribution in [0.15, 0.2) is 18.5 Å². The molecule has 9 nitrogen and oxygen atoms in total. The van der Waals surface area contributed by atoms with Gasteiger partial charge in [0.25, 0.3) is 5.91 Å². The predicted octanol–water partition coefficient (Wildman–Crippen LogP) is -0.0970. The Morgan fingerprint density at radius 3 is 2.91 bits per heavy atom. The summed E-state index contributed by atoms with van der Waals surface area (Å²) in [5.74, 6) is -1.03. The molecule has 1 aromatic heterocycles. The number of nitrogens with zero attached hydrogens (tertiary/aromatic N) is 1. The van der Waals surface area contributed by atoms with Crippen molar-refractivity contribution >= 4 is 22.5 Å². The zero-order valence-electron chi connectivity index (χ0n) is 11.3. The van der Waals surface area contributed by atoms with E-state index in [4.69, 9.17) is 4.74 Å². The van der Waals surface area contributed by atoms with Gasteiger partial charge >= 0.3 is 16.6 Å². The van der Waals surface area contributed by atoms with E-state index in [1.165, 1.54) is 0 Å². The smallest absolute Gasteiger partial charge is 0.447 e. The van der Waals surface area contributed by atoms with Gasteiger partial charge in [-0.15, -0.1) is 0 Å². The van der Waals surface area contributed by atoms with Crippen LogP contribution < -0.4 is 14.8 Å². The minimum Gasteiger partial charge on any atom is -0.447 e. The van der Waals surface area contributed by atoms with Gasteiger partial charge in [0.2, 0.25) is 0 Å². The standard InChI is InChI=1S/C11H12FN3O6S/c1-11(6-20-10(17)15-11)5-14-9(16)7-2-8(4-13-3-7)21-22(12,18)19/h2-4H,5-6H2,1H3,(H,14,16)(H,15,17). The Balaban J connectivity index is 2.01. The van der Waals surface area contributed by atoms with Crippen molar-refractivity contribution in [2.75, 3.05) is 13.2 Å². The molecule has 0 aliphatic carbocycles. The SMILES string of the molecule is CC1(CNC(=O)c2cncc(OS(=O)(=O)F)c2)COC(=O)N1. The maximum atomic E-state index is 12.4. The molecule has 1 aromatic rings. The van der Waals surface area contributed by atoms with Crippen molar-refractivity contribution in [3.05, 3.63) is 24.0 Å². The van der Waals surface area contributed by atoms with Gasteiger partial charge in [0.15, 0.2) is 5.75 Å². The molecule has 0 bridgehead atoms. The minimum atomic E-state index is -5.20. The number of pyridine rings is 1. The van der Waals surface area contributed by atoms with Crippen LogP contribution in [0.3, 0.4) is 0 Å². The molecule has 2 N–H and O–H groups in total. The summed E-state index contributed by atoms with van der Waals surface area (Å²) in [6, 6.07) is 1.02. The molecule has 2 amide bonds. The Hall–Kier alpha value is -2.43. The fourth-order valence-electron chi connectivity index (χ4n) is 1.72. The van der Waals surface area contributed by atoms with Crippen molar-refractivity contribution in [2.24, 2.45) is 0 Å². The Bertz CT molecular complexity index is 710. The second-order valence-corrected chi connectivity index (χ2v) is 5.78. The molecule has 1 saturated heterocycles. The van der Waals surface area contributed by atoms with Crippen LogP contribution in [0.4, 0.5) is 8.68 Å². The molecule has 22 heavy (non-hydrogen) atoms. The number of cyclic esters (lactones) is 1. The van der Waals surface area contributed by atoms with Crippen LogP contribution in [-0.2, 0) is 15.2 Å². The summed E-state index contributed by atoms with van der Waals surface area (Å²) in [5.41, 5.74) is -0.786. The lowest BCUT2D eigenvalue weighted by atomic mass is 10.1. The molecule has 120 valence electrons. The summed E-state index contributed by atoms with van der Waals surface area (Å²) in [7, 11) is -5.20. The molecule has 0 aromatic carbocycles. The predicted molar refractivity (Wildman–Crippen MR) is 70.1 cm³/mol. The number of carbonyl (C=O) groups excluding carboxylic acids is 2. The number of hydrogen-bond donors (Lipinski definition) is 2. The highest BCUT2D eigenvalue weighted by molar-refractivity contribution is 7.81. The molecule has 1 aliphatic rings. The summed E-state index contributed by atoms with van der Waals surface area (Å²) in [6.07, 6.45) is 1.52. The van der Waals surface area contributed by atoms with Gasteiger partial charge in [-0.05, 0) is 13.0 Å². The van der Waals surface area contributed by atoms with E-state index in [9.17, 15) is 21.9 Å². The lowest BCUT2D eigenvalue weighted by Gasteiger charge is -2.21. The van der Waals surface area contributed by atoms with Crippen molar-refractivity contribution in [3.63, 3.8) is 0 Å². The third-order valence-electron chi connectivity index (χ3n) is 2.74. The lowest BCUT2D eigenvalue weighted by Crippen LogP contribution is -2.50. The van der Waals surface area contributed by atoms with E-state index in [1.807, 2.05) is 0 Å². The molecule has 1 fully saturated rings. The molecule has 1 atom stereocenters. The van der Waals surface area contributed by atoms with Gasteiger partial charge in [-0.25, -0.2) is 4.79 Å². The van der Waals surface area contributed by atoms with Crippen molar-refractivity contribution < 1.29 is 30.8 Å². The Morgan fingerprint density at radius 2 is 2.32 bits per heavy atom. The normalized spacial score (nSPS) is 20.9. The number of aromatic nitrogens is 1. The van der Waals surface area contributed by atoms with Crippen molar-refractivity contribution in [1.82, 2.24) is 15.6 Å². The number of hydrogen-bond acceptors (Lipinski definition) is 7. The molecule has 1 aliphatic heterocycles. The van der Waals surface area contributed by atoms with E-state index in [0.717, 1.165) is 18.5 Å². The molecule has 2 heterocycles. The fraction of sp³-hybridized carbons (Fsp3) is 0.364. The van der Waals surface area contributed by atoms with E-state index >= 15 is 0 Å². The van der Waals surface area contributed by atoms with E-state index < -0.39 is 33.8 Å². The van der Waals surface area contributed by atoms with E-state index in [0.29, 0.717) is 0 Å². The maximum Gasteiger partial charge on any atom is 0.488 e. The van der Waals surface area contributed by atoms with E-state index in [1.54, 1.807) is 6.92 Å². The van der Waals surface area contributed by atoms with Crippen molar-refractivity contribution in [3.8, 4) is 5.75 Å². The highest BCUT2D eigenvalue weighted by atomic mass is 32.3. The minimum absolute atomic E-state index is 0.0324. The topological polar surface area (TPSA) is 124 Å². The zero-order chi connectivity index (χ0) is 16.4. The Kier molecular flexibility index (Phi) is 4.17. The van der Waals surface area contributed by atoms with Crippen LogP contribution in [0.5, 0.6) is 5.75 Å². The first-order valence-corrected chi connectivity index (χ1v) is 7.30. The second kappa shape index (κ2) is 5.75. The molecular weight excluding hydrogens is 321 g/mol. The number of alkyl carbamates (subject to hydrolysis) is 1. The van der Waals surface area contributed by atoms with Crippen LogP contribution in [0.2, 0.25) is 0 Å². The second-order valence-electron chi connectivity index (χ2n) is 4.83. The lowest BCUT2D eigenvalue weighted by molar-refractivity contribution is 0.0940. The number of halogens is 1. The number of rotatable bonds is 5. The van der Waals surface area contributed by atoms with Gasteiger partial charge in [0, 0.05) is 12.7 Å². The van der Waals surface area contributed by atoms with Crippen LogP contribution in [0, 0.1) is 0 Å². The third kappa shape index (κ3) is 4.28. The zero-order valence-corrected chi connectivity index (χ0v) is 12.1. The van der Waals surface area contributed by atoms with Gasteiger partial charge in [-0.2, -0.15) is 8.42 Å². The Morgan fingerprint density at radius 1 is 1.59 bits per heavy atom. The number of nitrogens with one attached hydrogen (secondary N) is 2. The molecule has 1 unspecified atom stereocenters. The van der Waals surface area contributed by atoms with Crippen LogP contribution in [0.25, 0.3) is 0 Å². The van der Waals surface area contributed by atoms with Gasteiger partial charge in [0.05, 0.1) is 17.3 Å². The molecule has 11 heteroatoms. The van der Waals surface area contributed by atoms with E-state index in [-0.39, 0.29) is 18.7 Å². The first-order valence-electron chi connectivity index (χ1n) is 5.99. The van der Waals surface area contributed by atoms with Gasteiger partial charge in [-0.3, -0.25) is 9.78 Å². The molecule has 0 radical (unpaired) electrons. The summed E-state index contributed by atoms with van der Waals surface area (Å²) in [4.78, 5) is 26.5. The van der Waals surface area contributed by atoms with Gasteiger partial charge in [-0.1, -0.05) is 3.89 Å². The first-order chi connectivity index (χ1) is 10.2. The fourth-order valence-corrected chi connectivity index (χ4v) is 2.04.